The number of benzene rings is 1. The van der Waals surface area contributed by atoms with E-state index in [1.807, 2.05) is 19.1 Å². The number of carboxylic acids is 1. The van der Waals surface area contributed by atoms with E-state index in [0.717, 1.165) is 35.1 Å². The third kappa shape index (κ3) is 4.30. The maximum absolute atomic E-state index is 13.5. The van der Waals surface area contributed by atoms with Gasteiger partial charge in [-0.2, -0.15) is 13.2 Å². The summed E-state index contributed by atoms with van der Waals surface area (Å²) in [6.07, 6.45) is -1.41. The van der Waals surface area contributed by atoms with E-state index in [2.05, 4.69) is 32.7 Å². The van der Waals surface area contributed by atoms with Gasteiger partial charge in [-0.15, -0.1) is 0 Å². The van der Waals surface area contributed by atoms with Gasteiger partial charge in [0.15, 0.2) is 0 Å². The summed E-state index contributed by atoms with van der Waals surface area (Å²) in [6.45, 7) is 9.17. The lowest BCUT2D eigenvalue weighted by molar-refractivity contribution is -0.118. The molecule has 7 heteroatoms. The average Bonchev–Trinajstić information content (AvgIpc) is 2.63. The fourth-order valence-electron chi connectivity index (χ4n) is 4.14. The van der Waals surface area contributed by atoms with Crippen LogP contribution < -0.4 is 4.90 Å². The zero-order chi connectivity index (χ0) is 22.5. The molecule has 1 aliphatic carbocycles. The van der Waals surface area contributed by atoms with Crippen LogP contribution in [0.1, 0.15) is 67.6 Å². The highest BCUT2D eigenvalue weighted by atomic mass is 19.4. The average molecular weight is 420 g/mol. The first-order valence-corrected chi connectivity index (χ1v) is 9.90. The Kier molecular flexibility index (Phi) is 5.37. The maximum atomic E-state index is 13.5. The maximum Gasteiger partial charge on any atom is 0.406 e. The normalized spacial score (nSPS) is 17.3. The number of rotatable bonds is 4. The highest BCUT2D eigenvalue weighted by Gasteiger charge is 2.39. The summed E-state index contributed by atoms with van der Waals surface area (Å²) in [5.74, 6) is -1.11. The molecule has 0 unspecified atom stereocenters. The summed E-state index contributed by atoms with van der Waals surface area (Å²) in [7, 11) is 0. The largest absolute Gasteiger partial charge is 0.478 e. The van der Waals surface area contributed by atoms with Crippen molar-refractivity contribution >= 4 is 17.5 Å². The summed E-state index contributed by atoms with van der Waals surface area (Å²) < 4.78 is 40.4. The molecule has 0 amide bonds. The summed E-state index contributed by atoms with van der Waals surface area (Å²) in [5.41, 5.74) is 3.10. The molecule has 162 valence electrons. The molecule has 0 aliphatic heterocycles. The van der Waals surface area contributed by atoms with Gasteiger partial charge in [0.05, 0.1) is 5.56 Å². The van der Waals surface area contributed by atoms with Crippen LogP contribution in [0.15, 0.2) is 30.5 Å². The van der Waals surface area contributed by atoms with Crippen molar-refractivity contribution in [2.45, 2.75) is 64.5 Å². The minimum Gasteiger partial charge on any atom is -0.478 e. The minimum absolute atomic E-state index is 0.0512. The van der Waals surface area contributed by atoms with Crippen LogP contribution in [0.2, 0.25) is 0 Å². The SMILES string of the molecule is Cc1cc2c(cc1N(CC(F)(F)F)c1ccc(C(=O)O)cn1)C(C)(C)CCC2(C)C. The predicted octanol–water partition coefficient (Wildman–Crippen LogP) is 6.14. The number of aromatic nitrogens is 1. The molecule has 0 fully saturated rings. The molecule has 1 aromatic carbocycles. The first-order chi connectivity index (χ1) is 13.7. The van der Waals surface area contributed by atoms with Gasteiger partial charge in [0.1, 0.15) is 12.4 Å². The minimum atomic E-state index is -4.45. The first-order valence-electron chi connectivity index (χ1n) is 9.90. The van der Waals surface area contributed by atoms with Crippen LogP contribution in [0.4, 0.5) is 24.7 Å². The number of nitrogens with zero attached hydrogens (tertiary/aromatic N) is 2. The number of carboxylic acid groups (broad SMARTS) is 1. The lowest BCUT2D eigenvalue weighted by Crippen LogP contribution is -2.36. The van der Waals surface area contributed by atoms with Crippen LogP contribution in [0.3, 0.4) is 0 Å². The number of carbonyl (C=O) groups is 1. The van der Waals surface area contributed by atoms with Crippen LogP contribution in [0, 0.1) is 6.92 Å². The predicted molar refractivity (Wildman–Crippen MR) is 111 cm³/mol. The Labute approximate surface area is 174 Å². The molecule has 1 heterocycles. The molecule has 3 rings (SSSR count). The molecule has 1 N–H and O–H groups in total. The van der Waals surface area contributed by atoms with Crippen molar-refractivity contribution in [3.8, 4) is 0 Å². The second-order valence-corrected chi connectivity index (χ2v) is 9.36. The second kappa shape index (κ2) is 7.29. The van der Waals surface area contributed by atoms with Crippen molar-refractivity contribution < 1.29 is 23.1 Å². The fourth-order valence-corrected chi connectivity index (χ4v) is 4.14. The van der Waals surface area contributed by atoms with Crippen LogP contribution in [0.5, 0.6) is 0 Å². The highest BCUT2D eigenvalue weighted by Crippen LogP contribution is 2.48. The van der Waals surface area contributed by atoms with Crippen molar-refractivity contribution in [2.24, 2.45) is 0 Å². The molecule has 0 spiro atoms. The van der Waals surface area contributed by atoms with Crippen molar-refractivity contribution in [3.63, 3.8) is 0 Å². The van der Waals surface area contributed by atoms with Gasteiger partial charge >= 0.3 is 12.1 Å². The van der Waals surface area contributed by atoms with Gasteiger partial charge in [-0.1, -0.05) is 33.8 Å². The van der Waals surface area contributed by atoms with E-state index >= 15 is 0 Å². The van der Waals surface area contributed by atoms with Crippen molar-refractivity contribution in [3.05, 3.63) is 52.7 Å². The van der Waals surface area contributed by atoms with E-state index in [1.54, 1.807) is 0 Å². The van der Waals surface area contributed by atoms with Gasteiger partial charge in [-0.3, -0.25) is 0 Å². The lowest BCUT2D eigenvalue weighted by Gasteiger charge is -2.43. The fraction of sp³-hybridized carbons (Fsp3) is 0.478. The summed E-state index contributed by atoms with van der Waals surface area (Å²) in [4.78, 5) is 16.2. The van der Waals surface area contributed by atoms with E-state index in [9.17, 15) is 18.0 Å². The van der Waals surface area contributed by atoms with Crippen LogP contribution in [-0.2, 0) is 10.8 Å². The van der Waals surface area contributed by atoms with Gasteiger partial charge in [-0.25, -0.2) is 9.78 Å². The second-order valence-electron chi connectivity index (χ2n) is 9.36. The Morgan fingerprint density at radius 2 is 1.67 bits per heavy atom. The molecule has 0 saturated heterocycles. The molecule has 2 aromatic rings. The monoisotopic (exact) mass is 420 g/mol. The standard InChI is InChI=1S/C23H27F3N2O2/c1-14-10-16-17(22(4,5)9-8-21(16,2)3)11-18(14)28(13-23(24,25)26)19-7-6-15(12-27-19)20(29)30/h6-7,10-12H,8-9,13H2,1-5H3,(H,29,30). The smallest absolute Gasteiger partial charge is 0.406 e. The molecule has 30 heavy (non-hydrogen) atoms. The molecule has 1 aromatic heterocycles. The van der Waals surface area contributed by atoms with Crippen LogP contribution in [0.25, 0.3) is 0 Å². The van der Waals surface area contributed by atoms with E-state index in [1.165, 1.54) is 17.7 Å². The Hall–Kier alpha value is -2.57. The Morgan fingerprint density at radius 1 is 1.10 bits per heavy atom. The number of fused-ring (bicyclic) bond motifs is 1. The third-order valence-electron chi connectivity index (χ3n) is 6.07. The number of halogens is 3. The zero-order valence-corrected chi connectivity index (χ0v) is 17.9. The molecular formula is C23H27F3N2O2. The van der Waals surface area contributed by atoms with E-state index in [4.69, 9.17) is 5.11 Å². The van der Waals surface area contributed by atoms with Gasteiger partial charge in [0, 0.05) is 11.9 Å². The number of hydrogen-bond donors (Lipinski definition) is 1. The van der Waals surface area contributed by atoms with Gasteiger partial charge in [0.2, 0.25) is 0 Å². The quantitative estimate of drug-likeness (QED) is 0.646. The molecule has 0 saturated carbocycles. The van der Waals surface area contributed by atoms with Crippen molar-refractivity contribution in [2.75, 3.05) is 11.4 Å². The van der Waals surface area contributed by atoms with Crippen LogP contribution in [-0.4, -0.2) is 28.8 Å². The number of aryl methyl sites for hydroxylation is 1. The lowest BCUT2D eigenvalue weighted by atomic mass is 9.63. The molecule has 0 bridgehead atoms. The Balaban J connectivity index is 2.18. The molecule has 0 radical (unpaired) electrons. The number of alkyl halides is 3. The Bertz CT molecular complexity index is 964. The van der Waals surface area contributed by atoms with E-state index in [-0.39, 0.29) is 22.2 Å². The van der Waals surface area contributed by atoms with Gasteiger partial charge < -0.3 is 10.0 Å². The number of hydrogen-bond acceptors (Lipinski definition) is 3. The Morgan fingerprint density at radius 3 is 2.13 bits per heavy atom. The first kappa shape index (κ1) is 22.1. The third-order valence-corrected chi connectivity index (χ3v) is 6.07. The van der Waals surface area contributed by atoms with E-state index < -0.39 is 18.7 Å². The molecule has 0 atom stereocenters. The van der Waals surface area contributed by atoms with Gasteiger partial charge in [0.25, 0.3) is 0 Å². The zero-order valence-electron chi connectivity index (χ0n) is 17.9. The summed E-state index contributed by atoms with van der Waals surface area (Å²) >= 11 is 0. The highest BCUT2D eigenvalue weighted by molar-refractivity contribution is 5.87. The summed E-state index contributed by atoms with van der Waals surface area (Å²) in [5, 5.41) is 9.07. The molecule has 4 nitrogen and oxygen atoms in total. The number of pyridine rings is 1. The van der Waals surface area contributed by atoms with E-state index in [0.29, 0.717) is 5.69 Å². The van der Waals surface area contributed by atoms with Gasteiger partial charge in [-0.05, 0) is 65.5 Å². The molecular weight excluding hydrogens is 393 g/mol. The number of aromatic carboxylic acids is 1. The van der Waals surface area contributed by atoms with Crippen molar-refractivity contribution in [1.29, 1.82) is 0 Å². The van der Waals surface area contributed by atoms with Crippen LogP contribution >= 0.6 is 0 Å². The molecule has 1 aliphatic rings. The topological polar surface area (TPSA) is 53.4 Å². The summed E-state index contributed by atoms with van der Waals surface area (Å²) in [6, 6.07) is 6.46. The van der Waals surface area contributed by atoms with Crippen molar-refractivity contribution in [1.82, 2.24) is 4.98 Å². The number of anilines is 2.